The molecule has 4 rings (SSSR count). The molecule has 1 N–H and O–H groups in total. The molecule has 0 radical (unpaired) electrons. The lowest BCUT2D eigenvalue weighted by Gasteiger charge is -2.27. The van der Waals surface area contributed by atoms with Crippen molar-refractivity contribution in [2.24, 2.45) is 4.99 Å². The highest BCUT2D eigenvalue weighted by atomic mass is 16.5. The number of fused-ring (bicyclic) bond motifs is 1. The molecule has 6 nitrogen and oxygen atoms in total. The minimum absolute atomic E-state index is 0.714. The third kappa shape index (κ3) is 2.76. The molecule has 1 aromatic carbocycles. The normalized spacial score (nSPS) is 15.5. The van der Waals surface area contributed by atoms with Gasteiger partial charge in [-0.1, -0.05) is 12.1 Å². The van der Waals surface area contributed by atoms with E-state index in [2.05, 4.69) is 44.1 Å². The maximum absolute atomic E-state index is 5.42. The first-order valence-corrected chi connectivity index (χ1v) is 8.04. The van der Waals surface area contributed by atoms with Gasteiger partial charge in [-0.2, -0.15) is 0 Å². The van der Waals surface area contributed by atoms with Crippen molar-refractivity contribution in [3.63, 3.8) is 0 Å². The van der Waals surface area contributed by atoms with Crippen LogP contribution in [0.1, 0.15) is 5.56 Å². The number of rotatable bonds is 3. The Bertz CT molecular complexity index is 880. The molecule has 1 saturated heterocycles. The number of hydrogen-bond donors (Lipinski definition) is 1. The molecule has 0 amide bonds. The average molecular weight is 321 g/mol. The molecule has 1 fully saturated rings. The average Bonchev–Trinajstić information content (AvgIpc) is 3.11. The molecule has 0 bridgehead atoms. The Morgan fingerprint density at radius 3 is 2.96 bits per heavy atom. The molecule has 0 atom stereocenters. The minimum Gasteiger partial charge on any atom is -0.378 e. The van der Waals surface area contributed by atoms with Gasteiger partial charge in [0, 0.05) is 55.4 Å². The molecule has 1 aliphatic heterocycles. The first-order chi connectivity index (χ1) is 11.8. The summed E-state index contributed by atoms with van der Waals surface area (Å²) in [5.41, 5.74) is 3.96. The van der Waals surface area contributed by atoms with Crippen LogP contribution in [-0.4, -0.2) is 54.5 Å². The fourth-order valence-corrected chi connectivity index (χ4v) is 2.96. The van der Waals surface area contributed by atoms with E-state index in [1.165, 1.54) is 5.39 Å². The fraction of sp³-hybridized carbons (Fsp3) is 0.278. The summed E-state index contributed by atoms with van der Waals surface area (Å²) in [5, 5.41) is 1.19. The fourth-order valence-electron chi connectivity index (χ4n) is 2.96. The van der Waals surface area contributed by atoms with Gasteiger partial charge in [-0.15, -0.1) is 0 Å². The third-order valence-electron chi connectivity index (χ3n) is 4.19. The van der Waals surface area contributed by atoms with Crippen LogP contribution in [0.5, 0.6) is 0 Å². The predicted octanol–water partition coefficient (Wildman–Crippen LogP) is 2.51. The monoisotopic (exact) mass is 321 g/mol. The molecule has 1 aliphatic rings. The van der Waals surface area contributed by atoms with Crippen LogP contribution in [0, 0.1) is 0 Å². The van der Waals surface area contributed by atoms with Gasteiger partial charge in [0.2, 0.25) is 5.95 Å². The van der Waals surface area contributed by atoms with E-state index in [0.717, 1.165) is 41.4 Å². The Labute approximate surface area is 140 Å². The Kier molecular flexibility index (Phi) is 3.96. The van der Waals surface area contributed by atoms with Crippen molar-refractivity contribution < 1.29 is 4.74 Å². The van der Waals surface area contributed by atoms with E-state index in [9.17, 15) is 0 Å². The summed E-state index contributed by atoms with van der Waals surface area (Å²) in [6.07, 6.45) is 5.60. The number of aromatic nitrogens is 3. The zero-order valence-corrected chi connectivity index (χ0v) is 13.6. The van der Waals surface area contributed by atoms with Gasteiger partial charge < -0.3 is 14.6 Å². The van der Waals surface area contributed by atoms with Gasteiger partial charge in [-0.3, -0.25) is 4.99 Å². The van der Waals surface area contributed by atoms with Crippen molar-refractivity contribution in [3.8, 4) is 11.3 Å². The number of benzene rings is 1. The Hall–Kier alpha value is -2.73. The minimum atomic E-state index is 0.714. The summed E-state index contributed by atoms with van der Waals surface area (Å²) in [4.78, 5) is 18.9. The van der Waals surface area contributed by atoms with E-state index in [1.54, 1.807) is 13.3 Å². The van der Waals surface area contributed by atoms with Crippen molar-refractivity contribution in [3.05, 3.63) is 42.2 Å². The predicted molar refractivity (Wildman–Crippen MR) is 95.9 cm³/mol. The molecule has 0 saturated carbocycles. The second-order valence-electron chi connectivity index (χ2n) is 5.74. The van der Waals surface area contributed by atoms with E-state index in [1.807, 2.05) is 12.4 Å². The largest absolute Gasteiger partial charge is 0.378 e. The van der Waals surface area contributed by atoms with Crippen molar-refractivity contribution in [2.75, 3.05) is 38.3 Å². The lowest BCUT2D eigenvalue weighted by molar-refractivity contribution is 0.122. The lowest BCUT2D eigenvalue weighted by Crippen LogP contribution is -2.37. The molecule has 6 heteroatoms. The number of H-pyrrole nitrogens is 1. The summed E-state index contributed by atoms with van der Waals surface area (Å²) in [6, 6.07) is 8.37. The number of aromatic amines is 1. The molecule has 24 heavy (non-hydrogen) atoms. The quantitative estimate of drug-likeness (QED) is 0.753. The van der Waals surface area contributed by atoms with Crippen LogP contribution < -0.4 is 4.90 Å². The highest BCUT2D eigenvalue weighted by molar-refractivity contribution is 5.91. The van der Waals surface area contributed by atoms with Gasteiger partial charge in [-0.25, -0.2) is 9.97 Å². The van der Waals surface area contributed by atoms with Crippen LogP contribution in [0.2, 0.25) is 0 Å². The number of hydrogen-bond acceptors (Lipinski definition) is 5. The van der Waals surface area contributed by atoms with Crippen LogP contribution >= 0.6 is 0 Å². The summed E-state index contributed by atoms with van der Waals surface area (Å²) in [6.45, 7) is 3.06. The molecule has 2 aromatic heterocycles. The molecule has 0 spiro atoms. The first-order valence-electron chi connectivity index (χ1n) is 8.04. The van der Waals surface area contributed by atoms with E-state index >= 15 is 0 Å². The molecule has 3 heterocycles. The van der Waals surface area contributed by atoms with Crippen LogP contribution in [0.3, 0.4) is 0 Å². The number of morpholine rings is 1. The number of aliphatic imine (C=N–C) groups is 1. The smallest absolute Gasteiger partial charge is 0.226 e. The summed E-state index contributed by atoms with van der Waals surface area (Å²) in [5.74, 6) is 0.744. The second-order valence-corrected chi connectivity index (χ2v) is 5.74. The van der Waals surface area contributed by atoms with Crippen LogP contribution in [0.15, 0.2) is 41.7 Å². The first kappa shape index (κ1) is 14.8. The molecular weight excluding hydrogens is 302 g/mol. The van der Waals surface area contributed by atoms with E-state index in [-0.39, 0.29) is 0 Å². The topological polar surface area (TPSA) is 66.4 Å². The third-order valence-corrected chi connectivity index (χ3v) is 4.19. The van der Waals surface area contributed by atoms with Crippen LogP contribution in [-0.2, 0) is 4.74 Å². The van der Waals surface area contributed by atoms with Gasteiger partial charge in [0.05, 0.1) is 18.9 Å². The number of nitrogens with zero attached hydrogens (tertiary/aromatic N) is 4. The summed E-state index contributed by atoms with van der Waals surface area (Å²) in [7, 11) is 1.76. The van der Waals surface area contributed by atoms with E-state index < -0.39 is 0 Å². The molecule has 0 unspecified atom stereocenters. The van der Waals surface area contributed by atoms with Crippen molar-refractivity contribution >= 4 is 23.1 Å². The van der Waals surface area contributed by atoms with Crippen LogP contribution in [0.4, 0.5) is 5.95 Å². The standard InChI is InChI=1S/C18H19N5O/c1-19-11-15-12-21-18(23-6-8-24-9-7-23)22-17(15)14-3-2-13-4-5-20-16(13)10-14/h2-5,10-12,20H,6-9H2,1H3/b19-11-. The number of ether oxygens (including phenoxy) is 1. The van der Waals surface area contributed by atoms with E-state index in [0.29, 0.717) is 13.2 Å². The van der Waals surface area contributed by atoms with E-state index in [4.69, 9.17) is 9.72 Å². The van der Waals surface area contributed by atoms with Gasteiger partial charge >= 0.3 is 0 Å². The Morgan fingerprint density at radius 2 is 2.12 bits per heavy atom. The summed E-state index contributed by atoms with van der Waals surface area (Å²) >= 11 is 0. The van der Waals surface area contributed by atoms with Gasteiger partial charge in [0.15, 0.2) is 0 Å². The lowest BCUT2D eigenvalue weighted by atomic mass is 10.1. The van der Waals surface area contributed by atoms with Crippen molar-refractivity contribution in [1.29, 1.82) is 0 Å². The Balaban J connectivity index is 1.80. The van der Waals surface area contributed by atoms with Crippen molar-refractivity contribution in [2.45, 2.75) is 0 Å². The van der Waals surface area contributed by atoms with Crippen molar-refractivity contribution in [1.82, 2.24) is 15.0 Å². The zero-order chi connectivity index (χ0) is 16.4. The second kappa shape index (κ2) is 6.41. The molecule has 122 valence electrons. The molecular formula is C18H19N5O. The maximum atomic E-state index is 5.42. The Morgan fingerprint density at radius 1 is 1.25 bits per heavy atom. The number of nitrogens with one attached hydrogen (secondary N) is 1. The van der Waals surface area contributed by atoms with Gasteiger partial charge in [0.25, 0.3) is 0 Å². The number of anilines is 1. The SMILES string of the molecule is C/N=C\c1cnc(N2CCOCC2)nc1-c1ccc2cc[nH]c2c1. The zero-order valence-electron chi connectivity index (χ0n) is 13.6. The maximum Gasteiger partial charge on any atom is 0.226 e. The molecule has 0 aliphatic carbocycles. The molecule has 3 aromatic rings. The van der Waals surface area contributed by atoms with Gasteiger partial charge in [0.1, 0.15) is 0 Å². The summed E-state index contributed by atoms with van der Waals surface area (Å²) < 4.78 is 5.42. The van der Waals surface area contributed by atoms with Gasteiger partial charge in [-0.05, 0) is 17.5 Å². The highest BCUT2D eigenvalue weighted by Crippen LogP contribution is 2.26. The van der Waals surface area contributed by atoms with Crippen LogP contribution in [0.25, 0.3) is 22.2 Å². The highest BCUT2D eigenvalue weighted by Gasteiger charge is 2.16.